The van der Waals surface area contributed by atoms with E-state index in [0.717, 1.165) is 19.3 Å². The van der Waals surface area contributed by atoms with Gasteiger partial charge in [-0.15, -0.1) is 12.4 Å². The third-order valence-electron chi connectivity index (χ3n) is 3.57. The summed E-state index contributed by atoms with van der Waals surface area (Å²) in [6.45, 7) is 0.278. The van der Waals surface area contributed by atoms with Crippen molar-refractivity contribution in [2.75, 3.05) is 6.61 Å². The van der Waals surface area contributed by atoms with Gasteiger partial charge < -0.3 is 15.0 Å². The summed E-state index contributed by atoms with van der Waals surface area (Å²) in [6.07, 6.45) is 3.30. The number of halogens is 2. The molecule has 2 aromatic rings. The quantitative estimate of drug-likeness (QED) is 0.918. The van der Waals surface area contributed by atoms with Crippen LogP contribution in [-0.4, -0.2) is 16.7 Å². The SMILES string of the molecule is Cl.NC1(c2noc(CCOc3ccccc3F)n2)CCC1. The monoisotopic (exact) mass is 313 g/mol. The molecule has 0 aliphatic heterocycles. The molecule has 1 saturated carbocycles. The molecule has 0 radical (unpaired) electrons. The van der Waals surface area contributed by atoms with Crippen LogP contribution in [-0.2, 0) is 12.0 Å². The molecule has 0 saturated heterocycles. The van der Waals surface area contributed by atoms with Gasteiger partial charge in [0, 0.05) is 0 Å². The Kier molecular flexibility index (Phi) is 4.80. The summed E-state index contributed by atoms with van der Waals surface area (Å²) < 4.78 is 23.8. The van der Waals surface area contributed by atoms with Crippen molar-refractivity contribution in [3.05, 3.63) is 41.8 Å². The molecule has 0 atom stereocenters. The van der Waals surface area contributed by atoms with Crippen LogP contribution in [0.5, 0.6) is 5.75 Å². The average molecular weight is 314 g/mol. The smallest absolute Gasteiger partial charge is 0.230 e. The summed E-state index contributed by atoms with van der Waals surface area (Å²) in [6, 6.07) is 6.27. The third-order valence-corrected chi connectivity index (χ3v) is 3.57. The molecule has 1 fully saturated rings. The number of nitrogens with zero attached hydrogens (tertiary/aromatic N) is 2. The molecule has 21 heavy (non-hydrogen) atoms. The van der Waals surface area contributed by atoms with E-state index in [2.05, 4.69) is 10.1 Å². The van der Waals surface area contributed by atoms with E-state index in [9.17, 15) is 4.39 Å². The van der Waals surface area contributed by atoms with E-state index in [-0.39, 0.29) is 30.6 Å². The second kappa shape index (κ2) is 6.41. The van der Waals surface area contributed by atoms with E-state index < -0.39 is 5.54 Å². The molecule has 1 aliphatic rings. The maximum absolute atomic E-state index is 13.3. The van der Waals surface area contributed by atoms with Gasteiger partial charge in [-0.3, -0.25) is 0 Å². The first-order valence-electron chi connectivity index (χ1n) is 6.67. The zero-order valence-corrected chi connectivity index (χ0v) is 12.2. The molecule has 114 valence electrons. The number of rotatable bonds is 5. The molecule has 0 spiro atoms. The van der Waals surface area contributed by atoms with Gasteiger partial charge >= 0.3 is 0 Å². The second-order valence-corrected chi connectivity index (χ2v) is 5.05. The molecule has 0 bridgehead atoms. The van der Waals surface area contributed by atoms with Crippen LogP contribution in [0.15, 0.2) is 28.8 Å². The van der Waals surface area contributed by atoms with Crippen LogP contribution < -0.4 is 10.5 Å². The van der Waals surface area contributed by atoms with Gasteiger partial charge in [0.1, 0.15) is 0 Å². The van der Waals surface area contributed by atoms with Crippen molar-refractivity contribution < 1.29 is 13.7 Å². The van der Waals surface area contributed by atoms with E-state index in [4.69, 9.17) is 15.0 Å². The van der Waals surface area contributed by atoms with Crippen LogP contribution >= 0.6 is 12.4 Å². The third kappa shape index (κ3) is 3.33. The number of ether oxygens (including phenoxy) is 1. The van der Waals surface area contributed by atoms with E-state index in [0.29, 0.717) is 18.1 Å². The average Bonchev–Trinajstić information content (AvgIpc) is 2.87. The molecule has 7 heteroatoms. The van der Waals surface area contributed by atoms with Crippen molar-refractivity contribution in [2.45, 2.75) is 31.2 Å². The highest BCUT2D eigenvalue weighted by Crippen LogP contribution is 2.36. The zero-order valence-electron chi connectivity index (χ0n) is 11.4. The Labute approximate surface area is 128 Å². The summed E-state index contributed by atoms with van der Waals surface area (Å²) in [7, 11) is 0. The van der Waals surface area contributed by atoms with E-state index in [1.807, 2.05) is 0 Å². The molecule has 0 amide bonds. The van der Waals surface area contributed by atoms with Crippen LogP contribution in [0.2, 0.25) is 0 Å². The molecule has 0 unspecified atom stereocenters. The van der Waals surface area contributed by atoms with Crippen LogP contribution in [0.3, 0.4) is 0 Å². The minimum atomic E-state index is -0.422. The molecule has 1 aromatic heterocycles. The first-order valence-corrected chi connectivity index (χ1v) is 6.67. The Hall–Kier alpha value is -1.66. The Morgan fingerprint density at radius 1 is 1.33 bits per heavy atom. The van der Waals surface area contributed by atoms with Crippen molar-refractivity contribution in [1.82, 2.24) is 10.1 Å². The second-order valence-electron chi connectivity index (χ2n) is 5.05. The van der Waals surface area contributed by atoms with Gasteiger partial charge in [0.25, 0.3) is 0 Å². The summed E-state index contributed by atoms with van der Waals surface area (Å²) in [5, 5.41) is 3.91. The highest BCUT2D eigenvalue weighted by atomic mass is 35.5. The molecule has 3 rings (SSSR count). The van der Waals surface area contributed by atoms with Crippen molar-refractivity contribution in [3.63, 3.8) is 0 Å². The van der Waals surface area contributed by atoms with Gasteiger partial charge in [-0.25, -0.2) is 4.39 Å². The van der Waals surface area contributed by atoms with Gasteiger partial charge in [-0.2, -0.15) is 4.98 Å². The van der Waals surface area contributed by atoms with Crippen LogP contribution in [0.4, 0.5) is 4.39 Å². The van der Waals surface area contributed by atoms with Crippen molar-refractivity contribution in [1.29, 1.82) is 0 Å². The van der Waals surface area contributed by atoms with E-state index in [1.54, 1.807) is 18.2 Å². The topological polar surface area (TPSA) is 74.2 Å². The lowest BCUT2D eigenvalue weighted by atomic mass is 9.77. The summed E-state index contributed by atoms with van der Waals surface area (Å²) >= 11 is 0. The molecular weight excluding hydrogens is 297 g/mol. The van der Waals surface area contributed by atoms with Crippen LogP contribution in [0.1, 0.15) is 31.0 Å². The van der Waals surface area contributed by atoms with Crippen molar-refractivity contribution >= 4 is 12.4 Å². The van der Waals surface area contributed by atoms with Gasteiger partial charge in [-0.05, 0) is 31.4 Å². The predicted octanol–water partition coefficient (Wildman–Crippen LogP) is 2.59. The first kappa shape index (κ1) is 15.7. The Bertz CT molecular complexity index is 601. The molecular formula is C14H17ClFN3O2. The number of hydrogen-bond donors (Lipinski definition) is 1. The minimum absolute atomic E-state index is 0. The van der Waals surface area contributed by atoms with Crippen molar-refractivity contribution in [3.8, 4) is 5.75 Å². The molecule has 1 aliphatic carbocycles. The normalized spacial score (nSPS) is 15.9. The van der Waals surface area contributed by atoms with E-state index in [1.165, 1.54) is 6.07 Å². The summed E-state index contributed by atoms with van der Waals surface area (Å²) in [4.78, 5) is 4.28. The van der Waals surface area contributed by atoms with Crippen LogP contribution in [0, 0.1) is 5.82 Å². The van der Waals surface area contributed by atoms with Gasteiger partial charge in [0.2, 0.25) is 5.89 Å². The lowest BCUT2D eigenvalue weighted by molar-refractivity contribution is 0.228. The van der Waals surface area contributed by atoms with Crippen molar-refractivity contribution in [2.24, 2.45) is 5.73 Å². The number of para-hydroxylation sites is 1. The molecule has 1 heterocycles. The summed E-state index contributed by atoms with van der Waals surface area (Å²) in [5.74, 6) is 0.869. The number of benzene rings is 1. The summed E-state index contributed by atoms with van der Waals surface area (Å²) in [5.41, 5.74) is 5.69. The number of hydrogen-bond acceptors (Lipinski definition) is 5. The largest absolute Gasteiger partial charge is 0.490 e. The predicted molar refractivity (Wildman–Crippen MR) is 76.9 cm³/mol. The zero-order chi connectivity index (χ0) is 14.0. The number of aromatic nitrogens is 2. The fourth-order valence-electron chi connectivity index (χ4n) is 2.15. The molecule has 2 N–H and O–H groups in total. The van der Waals surface area contributed by atoms with Gasteiger partial charge in [-0.1, -0.05) is 17.3 Å². The standard InChI is InChI=1S/C14H16FN3O2.ClH/c15-10-4-1-2-5-11(10)19-9-6-12-17-13(18-20-12)14(16)7-3-8-14;/h1-2,4-5H,3,6-9,16H2;1H. The highest BCUT2D eigenvalue weighted by Gasteiger charge is 2.38. The fraction of sp³-hybridized carbons (Fsp3) is 0.429. The van der Waals surface area contributed by atoms with Gasteiger partial charge in [0.05, 0.1) is 18.6 Å². The van der Waals surface area contributed by atoms with Gasteiger partial charge in [0.15, 0.2) is 17.4 Å². The molecule has 1 aromatic carbocycles. The highest BCUT2D eigenvalue weighted by molar-refractivity contribution is 5.85. The lowest BCUT2D eigenvalue weighted by Crippen LogP contribution is -2.44. The lowest BCUT2D eigenvalue weighted by Gasteiger charge is -2.34. The fourth-order valence-corrected chi connectivity index (χ4v) is 2.15. The minimum Gasteiger partial charge on any atom is -0.490 e. The first-order chi connectivity index (χ1) is 9.67. The maximum atomic E-state index is 13.3. The molecule has 5 nitrogen and oxygen atoms in total. The van der Waals surface area contributed by atoms with Crippen LogP contribution in [0.25, 0.3) is 0 Å². The Balaban J connectivity index is 0.00000161. The number of nitrogens with two attached hydrogens (primary N) is 1. The maximum Gasteiger partial charge on any atom is 0.230 e. The Morgan fingerprint density at radius 2 is 2.10 bits per heavy atom. The van der Waals surface area contributed by atoms with E-state index >= 15 is 0 Å². The Morgan fingerprint density at radius 3 is 2.76 bits per heavy atom.